The minimum atomic E-state index is 0.751. The quantitative estimate of drug-likeness (QED) is 0.845. The van der Waals surface area contributed by atoms with Crippen molar-refractivity contribution in [3.8, 4) is 0 Å². The van der Waals surface area contributed by atoms with Crippen molar-refractivity contribution in [1.29, 1.82) is 0 Å². The smallest absolute Gasteiger partial charge is 0.0794 e. The van der Waals surface area contributed by atoms with Gasteiger partial charge in [-0.3, -0.25) is 0 Å². The molecule has 2 nitrogen and oxygen atoms in total. The third-order valence-corrected chi connectivity index (χ3v) is 4.52. The molecule has 0 radical (unpaired) electrons. The van der Waals surface area contributed by atoms with Crippen LogP contribution in [0.25, 0.3) is 0 Å². The summed E-state index contributed by atoms with van der Waals surface area (Å²) in [6.45, 7) is 5.78. The molecule has 0 saturated heterocycles. The second-order valence-corrected chi connectivity index (χ2v) is 6.76. The lowest BCUT2D eigenvalue weighted by atomic mass is 9.81. The second kappa shape index (κ2) is 7.25. The maximum atomic E-state index is 4.33. The van der Waals surface area contributed by atoms with Gasteiger partial charge in [0.05, 0.1) is 11.2 Å². The summed E-state index contributed by atoms with van der Waals surface area (Å²) in [5.74, 6) is 1.80. The van der Waals surface area contributed by atoms with E-state index in [2.05, 4.69) is 29.5 Å². The van der Waals surface area contributed by atoms with Crippen LogP contribution in [0.15, 0.2) is 10.9 Å². The molecule has 3 heteroatoms. The first-order valence-electron chi connectivity index (χ1n) is 7.34. The lowest BCUT2D eigenvalue weighted by Crippen LogP contribution is -2.35. The summed E-state index contributed by atoms with van der Waals surface area (Å²) in [6, 6.07) is 0.751. The van der Waals surface area contributed by atoms with E-state index < -0.39 is 0 Å². The van der Waals surface area contributed by atoms with E-state index in [4.69, 9.17) is 0 Å². The lowest BCUT2D eigenvalue weighted by molar-refractivity contribution is 0.253. The molecule has 2 atom stereocenters. The Hall–Kier alpha value is -0.410. The molecule has 0 aromatic carbocycles. The number of nitrogens with one attached hydrogen (secondary N) is 1. The van der Waals surface area contributed by atoms with Gasteiger partial charge < -0.3 is 5.32 Å². The molecule has 1 saturated carbocycles. The van der Waals surface area contributed by atoms with Gasteiger partial charge in [-0.25, -0.2) is 4.98 Å². The topological polar surface area (TPSA) is 24.9 Å². The second-order valence-electron chi connectivity index (χ2n) is 6.04. The number of hydrogen-bond donors (Lipinski definition) is 1. The maximum absolute atomic E-state index is 4.33. The van der Waals surface area contributed by atoms with Crippen LogP contribution in [0.1, 0.15) is 51.6 Å². The summed E-state index contributed by atoms with van der Waals surface area (Å²) >= 11 is 1.69. The first-order chi connectivity index (χ1) is 8.74. The third kappa shape index (κ3) is 4.69. The normalized spacial score (nSPS) is 24.6. The van der Waals surface area contributed by atoms with Crippen LogP contribution in [0.4, 0.5) is 0 Å². The van der Waals surface area contributed by atoms with Crippen molar-refractivity contribution in [2.75, 3.05) is 6.54 Å². The standard InChI is InChI=1S/C15H26N2S/c1-12(2)8-13-4-3-5-14(9-13)16-7-6-15-10-18-11-17-15/h10-14,16H,3-9H2,1-2H3. The molecule has 1 aromatic rings. The molecule has 0 bridgehead atoms. The molecule has 0 aliphatic heterocycles. The summed E-state index contributed by atoms with van der Waals surface area (Å²) in [5.41, 5.74) is 3.16. The van der Waals surface area contributed by atoms with E-state index in [1.54, 1.807) is 11.3 Å². The van der Waals surface area contributed by atoms with Crippen LogP contribution in [0, 0.1) is 11.8 Å². The Bertz CT molecular complexity index is 321. The predicted octanol–water partition coefficient (Wildman–Crippen LogP) is 3.88. The third-order valence-electron chi connectivity index (χ3n) is 3.89. The van der Waals surface area contributed by atoms with Gasteiger partial charge in [-0.1, -0.05) is 26.7 Å². The highest BCUT2D eigenvalue weighted by Crippen LogP contribution is 2.29. The summed E-state index contributed by atoms with van der Waals surface area (Å²) in [4.78, 5) is 4.33. The van der Waals surface area contributed by atoms with E-state index >= 15 is 0 Å². The highest BCUT2D eigenvalue weighted by atomic mass is 32.1. The number of rotatable bonds is 6. The van der Waals surface area contributed by atoms with Crippen LogP contribution in [-0.2, 0) is 6.42 Å². The van der Waals surface area contributed by atoms with E-state index in [0.717, 1.165) is 30.8 Å². The average Bonchev–Trinajstić information content (AvgIpc) is 2.82. The van der Waals surface area contributed by atoms with Crippen LogP contribution in [0.2, 0.25) is 0 Å². The van der Waals surface area contributed by atoms with Crippen LogP contribution in [0.3, 0.4) is 0 Å². The molecular formula is C15H26N2S. The Morgan fingerprint density at radius 3 is 3.06 bits per heavy atom. The molecule has 102 valence electrons. The Balaban J connectivity index is 1.66. The number of hydrogen-bond acceptors (Lipinski definition) is 3. The summed E-state index contributed by atoms with van der Waals surface area (Å²) in [5, 5.41) is 5.88. The average molecular weight is 266 g/mol. The van der Waals surface area contributed by atoms with Crippen molar-refractivity contribution in [2.24, 2.45) is 11.8 Å². The zero-order valence-electron chi connectivity index (χ0n) is 11.7. The summed E-state index contributed by atoms with van der Waals surface area (Å²) in [7, 11) is 0. The van der Waals surface area contributed by atoms with Gasteiger partial charge in [0.1, 0.15) is 0 Å². The monoisotopic (exact) mass is 266 g/mol. The first kappa shape index (κ1) is 14.0. The molecule has 1 aliphatic carbocycles. The predicted molar refractivity (Wildman–Crippen MR) is 79.0 cm³/mol. The van der Waals surface area contributed by atoms with E-state index in [-0.39, 0.29) is 0 Å². The van der Waals surface area contributed by atoms with Crippen LogP contribution >= 0.6 is 11.3 Å². The largest absolute Gasteiger partial charge is 0.314 e. The van der Waals surface area contributed by atoms with Crippen LogP contribution in [0.5, 0.6) is 0 Å². The molecule has 1 N–H and O–H groups in total. The van der Waals surface area contributed by atoms with E-state index in [9.17, 15) is 0 Å². The number of nitrogens with zero attached hydrogens (tertiary/aromatic N) is 1. The van der Waals surface area contributed by atoms with Gasteiger partial charge in [0, 0.05) is 24.4 Å². The highest BCUT2D eigenvalue weighted by Gasteiger charge is 2.21. The van der Waals surface area contributed by atoms with Crippen LogP contribution in [-0.4, -0.2) is 17.6 Å². The van der Waals surface area contributed by atoms with Gasteiger partial charge in [-0.2, -0.15) is 0 Å². The fourth-order valence-electron chi connectivity index (χ4n) is 3.12. The molecule has 18 heavy (non-hydrogen) atoms. The van der Waals surface area contributed by atoms with Crippen molar-refractivity contribution in [2.45, 2.75) is 58.4 Å². The first-order valence-corrected chi connectivity index (χ1v) is 8.28. The minimum Gasteiger partial charge on any atom is -0.314 e. The number of thiazole rings is 1. The van der Waals surface area contributed by atoms with E-state index in [1.807, 2.05) is 5.51 Å². The zero-order chi connectivity index (χ0) is 12.8. The molecule has 0 amide bonds. The SMILES string of the molecule is CC(C)CC1CCCC(NCCc2cscn2)C1. The summed E-state index contributed by atoms with van der Waals surface area (Å²) in [6.07, 6.45) is 8.09. The molecular weight excluding hydrogens is 240 g/mol. The van der Waals surface area contributed by atoms with Gasteiger partial charge in [0.2, 0.25) is 0 Å². The van der Waals surface area contributed by atoms with Gasteiger partial charge in [-0.05, 0) is 31.1 Å². The number of aromatic nitrogens is 1. The molecule has 1 heterocycles. The van der Waals surface area contributed by atoms with E-state index in [0.29, 0.717) is 0 Å². The van der Waals surface area contributed by atoms with Crippen LogP contribution < -0.4 is 5.32 Å². The Kier molecular flexibility index (Phi) is 5.64. The van der Waals surface area contributed by atoms with Gasteiger partial charge in [0.25, 0.3) is 0 Å². The Morgan fingerprint density at radius 2 is 2.33 bits per heavy atom. The molecule has 1 aliphatic rings. The molecule has 1 fully saturated rings. The highest BCUT2D eigenvalue weighted by molar-refractivity contribution is 7.07. The van der Waals surface area contributed by atoms with Crippen molar-refractivity contribution >= 4 is 11.3 Å². The van der Waals surface area contributed by atoms with Crippen molar-refractivity contribution < 1.29 is 0 Å². The van der Waals surface area contributed by atoms with E-state index in [1.165, 1.54) is 37.8 Å². The van der Waals surface area contributed by atoms with Gasteiger partial charge in [0.15, 0.2) is 0 Å². The summed E-state index contributed by atoms with van der Waals surface area (Å²) < 4.78 is 0. The van der Waals surface area contributed by atoms with Crippen molar-refractivity contribution in [3.05, 3.63) is 16.6 Å². The molecule has 0 spiro atoms. The Labute approximate surface area is 115 Å². The van der Waals surface area contributed by atoms with Gasteiger partial charge in [-0.15, -0.1) is 11.3 Å². The fraction of sp³-hybridized carbons (Fsp3) is 0.800. The maximum Gasteiger partial charge on any atom is 0.0794 e. The van der Waals surface area contributed by atoms with Gasteiger partial charge >= 0.3 is 0 Å². The van der Waals surface area contributed by atoms with Crippen molar-refractivity contribution in [1.82, 2.24) is 10.3 Å². The fourth-order valence-corrected chi connectivity index (χ4v) is 3.72. The Morgan fingerprint density at radius 1 is 1.44 bits per heavy atom. The zero-order valence-corrected chi connectivity index (χ0v) is 12.5. The molecule has 2 unspecified atom stereocenters. The molecule has 1 aromatic heterocycles. The molecule has 2 rings (SSSR count). The van der Waals surface area contributed by atoms with Crippen molar-refractivity contribution in [3.63, 3.8) is 0 Å². The lowest BCUT2D eigenvalue weighted by Gasteiger charge is -2.30. The minimum absolute atomic E-state index is 0.751.